The van der Waals surface area contributed by atoms with Gasteiger partial charge in [0.05, 0.1) is 0 Å². The maximum Gasteiger partial charge on any atom is 0.341 e. The van der Waals surface area contributed by atoms with E-state index in [4.69, 9.17) is 9.84 Å². The highest BCUT2D eigenvalue weighted by Gasteiger charge is 2.19. The number of benzene rings is 3. The Balaban J connectivity index is 1.85. The summed E-state index contributed by atoms with van der Waals surface area (Å²) in [5.41, 5.74) is 2.26. The van der Waals surface area contributed by atoms with Gasteiger partial charge in [-0.15, -0.1) is 5.10 Å². The fourth-order valence-corrected chi connectivity index (χ4v) is 3.01. The Kier molecular flexibility index (Phi) is 4.98. The summed E-state index contributed by atoms with van der Waals surface area (Å²) in [4.78, 5) is 10.9. The fraction of sp³-hybridized carbons (Fsp3) is 0.0476. The number of ether oxygens (including phenoxy) is 1. The van der Waals surface area contributed by atoms with Crippen molar-refractivity contribution in [3.05, 3.63) is 78.6 Å². The predicted molar refractivity (Wildman–Crippen MR) is 103 cm³/mol. The van der Waals surface area contributed by atoms with Crippen LogP contribution in [0.25, 0.3) is 28.2 Å². The molecular weight excluding hydrogens is 375 g/mol. The number of carboxylic acids is 1. The van der Waals surface area contributed by atoms with Gasteiger partial charge in [-0.05, 0) is 34.2 Å². The zero-order valence-electron chi connectivity index (χ0n) is 15.1. The molecule has 3 aromatic carbocycles. The summed E-state index contributed by atoms with van der Waals surface area (Å²) in [5.74, 6) is -0.772. The van der Waals surface area contributed by atoms with Gasteiger partial charge in [0.1, 0.15) is 17.3 Å². The molecule has 0 aliphatic heterocycles. The number of halogens is 1. The van der Waals surface area contributed by atoms with Crippen molar-refractivity contribution >= 4 is 5.97 Å². The number of carboxylic acid groups (broad SMARTS) is 1. The van der Waals surface area contributed by atoms with Gasteiger partial charge in [0.2, 0.25) is 0 Å². The van der Waals surface area contributed by atoms with Crippen molar-refractivity contribution < 1.29 is 19.0 Å². The van der Waals surface area contributed by atoms with Gasteiger partial charge < -0.3 is 9.84 Å². The van der Waals surface area contributed by atoms with Crippen LogP contribution in [-0.4, -0.2) is 37.9 Å². The summed E-state index contributed by atoms with van der Waals surface area (Å²) < 4.78 is 21.1. The minimum absolute atomic E-state index is 0.220. The van der Waals surface area contributed by atoms with Crippen molar-refractivity contribution in [3.63, 3.8) is 0 Å². The highest BCUT2D eigenvalue weighted by atomic mass is 19.1. The summed E-state index contributed by atoms with van der Waals surface area (Å²) in [6, 6.07) is 20.6. The summed E-state index contributed by atoms with van der Waals surface area (Å²) >= 11 is 0. The Morgan fingerprint density at radius 3 is 2.34 bits per heavy atom. The molecule has 0 unspecified atom stereocenters. The third-order valence-corrected chi connectivity index (χ3v) is 4.25. The molecular formula is C21H15FN4O3. The van der Waals surface area contributed by atoms with Crippen LogP contribution in [0.15, 0.2) is 72.8 Å². The van der Waals surface area contributed by atoms with Crippen molar-refractivity contribution in [2.75, 3.05) is 6.61 Å². The zero-order chi connectivity index (χ0) is 20.2. The van der Waals surface area contributed by atoms with E-state index in [2.05, 4.69) is 15.5 Å². The van der Waals surface area contributed by atoms with Crippen molar-refractivity contribution in [1.82, 2.24) is 20.2 Å². The van der Waals surface area contributed by atoms with E-state index in [1.54, 1.807) is 30.3 Å². The van der Waals surface area contributed by atoms with E-state index in [9.17, 15) is 9.18 Å². The Morgan fingerprint density at radius 2 is 1.59 bits per heavy atom. The SMILES string of the molecule is O=C(O)COc1ccccc1-c1ccccc1-c1nnnn1-c1ccccc1F. The number of tetrazole rings is 1. The standard InChI is InChI=1S/C21H15FN4O3/c22-17-10-4-5-11-18(17)26-21(23-24-25-26)16-9-2-1-7-14(16)15-8-3-6-12-19(15)29-13-20(27)28/h1-12H,13H2,(H,27,28). The lowest BCUT2D eigenvalue weighted by Gasteiger charge is -2.14. The van der Waals surface area contributed by atoms with Crippen molar-refractivity contribution in [3.8, 4) is 34.0 Å². The first-order valence-electron chi connectivity index (χ1n) is 8.72. The van der Waals surface area contributed by atoms with Gasteiger partial charge in [0.25, 0.3) is 0 Å². The minimum atomic E-state index is -1.07. The molecule has 4 rings (SSSR count). The van der Waals surface area contributed by atoms with Crippen LogP contribution in [0.4, 0.5) is 4.39 Å². The predicted octanol–water partition coefficient (Wildman–Crippen LogP) is 3.60. The van der Waals surface area contributed by atoms with Crippen LogP contribution in [0.1, 0.15) is 0 Å². The monoisotopic (exact) mass is 390 g/mol. The molecule has 4 aromatic rings. The molecule has 0 radical (unpaired) electrons. The molecule has 0 bridgehead atoms. The number of carbonyl (C=O) groups is 1. The molecule has 0 amide bonds. The van der Waals surface area contributed by atoms with Gasteiger partial charge in [0, 0.05) is 11.1 Å². The smallest absolute Gasteiger partial charge is 0.341 e. The fourth-order valence-electron chi connectivity index (χ4n) is 3.01. The first-order valence-corrected chi connectivity index (χ1v) is 8.72. The lowest BCUT2D eigenvalue weighted by atomic mass is 9.98. The van der Waals surface area contributed by atoms with E-state index >= 15 is 0 Å². The quantitative estimate of drug-likeness (QED) is 0.541. The number of nitrogens with zero attached hydrogens (tertiary/aromatic N) is 4. The van der Waals surface area contributed by atoms with Crippen LogP contribution in [-0.2, 0) is 4.79 Å². The molecule has 0 atom stereocenters. The third-order valence-electron chi connectivity index (χ3n) is 4.25. The lowest BCUT2D eigenvalue weighted by molar-refractivity contribution is -0.139. The van der Waals surface area contributed by atoms with E-state index in [0.717, 1.165) is 5.56 Å². The minimum Gasteiger partial charge on any atom is -0.481 e. The van der Waals surface area contributed by atoms with Crippen LogP contribution < -0.4 is 4.74 Å². The molecule has 1 aromatic heterocycles. The molecule has 0 fully saturated rings. The van der Waals surface area contributed by atoms with Crippen molar-refractivity contribution in [2.24, 2.45) is 0 Å². The topological polar surface area (TPSA) is 90.1 Å². The summed E-state index contributed by atoms with van der Waals surface area (Å²) in [7, 11) is 0. The molecule has 0 saturated carbocycles. The Morgan fingerprint density at radius 1 is 0.931 bits per heavy atom. The molecule has 1 N–H and O–H groups in total. The molecule has 7 nitrogen and oxygen atoms in total. The molecule has 144 valence electrons. The first kappa shape index (κ1) is 18.3. The summed E-state index contributed by atoms with van der Waals surface area (Å²) in [6.07, 6.45) is 0. The lowest BCUT2D eigenvalue weighted by Crippen LogP contribution is -2.10. The zero-order valence-corrected chi connectivity index (χ0v) is 15.1. The van der Waals surface area contributed by atoms with E-state index < -0.39 is 18.4 Å². The van der Waals surface area contributed by atoms with Gasteiger partial charge in [-0.2, -0.15) is 4.68 Å². The Hall–Kier alpha value is -4.07. The van der Waals surface area contributed by atoms with E-state index in [1.807, 2.05) is 36.4 Å². The average molecular weight is 390 g/mol. The average Bonchev–Trinajstić information content (AvgIpc) is 3.22. The Labute approximate surface area is 165 Å². The van der Waals surface area contributed by atoms with Gasteiger partial charge in [-0.1, -0.05) is 54.6 Å². The van der Waals surface area contributed by atoms with Crippen LogP contribution in [0, 0.1) is 5.82 Å². The van der Waals surface area contributed by atoms with Crippen LogP contribution >= 0.6 is 0 Å². The van der Waals surface area contributed by atoms with Gasteiger partial charge in [-0.25, -0.2) is 9.18 Å². The second kappa shape index (κ2) is 7.89. The van der Waals surface area contributed by atoms with Gasteiger partial charge in [-0.3, -0.25) is 0 Å². The summed E-state index contributed by atoms with van der Waals surface area (Å²) in [6.45, 7) is -0.466. The largest absolute Gasteiger partial charge is 0.481 e. The summed E-state index contributed by atoms with van der Waals surface area (Å²) in [5, 5.41) is 20.7. The number of rotatable bonds is 6. The van der Waals surface area contributed by atoms with E-state index in [-0.39, 0.29) is 5.69 Å². The highest BCUT2D eigenvalue weighted by molar-refractivity contribution is 5.84. The van der Waals surface area contributed by atoms with Gasteiger partial charge in [0.15, 0.2) is 12.4 Å². The second-order valence-electron chi connectivity index (χ2n) is 6.09. The molecule has 29 heavy (non-hydrogen) atoms. The molecule has 1 heterocycles. The number of hydrogen-bond donors (Lipinski definition) is 1. The maximum absolute atomic E-state index is 14.3. The van der Waals surface area contributed by atoms with E-state index in [1.165, 1.54) is 10.7 Å². The van der Waals surface area contributed by atoms with Crippen LogP contribution in [0.5, 0.6) is 5.75 Å². The van der Waals surface area contributed by atoms with Crippen molar-refractivity contribution in [1.29, 1.82) is 0 Å². The third kappa shape index (κ3) is 3.68. The maximum atomic E-state index is 14.3. The normalized spacial score (nSPS) is 10.7. The number of hydrogen-bond acceptors (Lipinski definition) is 5. The number of aliphatic carboxylic acids is 1. The highest BCUT2D eigenvalue weighted by Crippen LogP contribution is 2.37. The Bertz CT molecular complexity index is 1180. The van der Waals surface area contributed by atoms with E-state index in [0.29, 0.717) is 22.7 Å². The molecule has 0 aliphatic carbocycles. The number of aromatic nitrogens is 4. The van der Waals surface area contributed by atoms with Crippen molar-refractivity contribution in [2.45, 2.75) is 0 Å². The first-order chi connectivity index (χ1) is 14.1. The molecule has 0 aliphatic rings. The molecule has 0 saturated heterocycles. The van der Waals surface area contributed by atoms with Crippen LogP contribution in [0.2, 0.25) is 0 Å². The molecule has 0 spiro atoms. The second-order valence-corrected chi connectivity index (χ2v) is 6.09. The molecule has 8 heteroatoms. The van der Waals surface area contributed by atoms with Gasteiger partial charge >= 0.3 is 5.97 Å². The number of para-hydroxylation sites is 2. The van der Waals surface area contributed by atoms with Crippen LogP contribution in [0.3, 0.4) is 0 Å².